The summed E-state index contributed by atoms with van der Waals surface area (Å²) in [4.78, 5) is 10.4. The van der Waals surface area contributed by atoms with E-state index in [-0.39, 0.29) is 16.6 Å². The predicted molar refractivity (Wildman–Crippen MR) is 240 cm³/mol. The largest absolute Gasteiger partial charge is 0.507 e. The molecule has 0 aliphatic heterocycles. The maximum Gasteiger partial charge on any atom is 0.128 e. The molecule has 0 fully saturated rings. The molecule has 0 aliphatic carbocycles. The van der Waals surface area contributed by atoms with Gasteiger partial charge in [0.05, 0.1) is 15.9 Å². The number of aromatic nitrogens is 1. The van der Waals surface area contributed by atoms with Gasteiger partial charge < -0.3 is 5.11 Å². The average Bonchev–Trinajstić information content (AvgIpc) is 3.64. The maximum absolute atomic E-state index is 11.5. The minimum absolute atomic E-state index is 0.0881. The van der Waals surface area contributed by atoms with E-state index in [1.165, 1.54) is 16.7 Å². The number of nitrogens with zero attached hydrogens (tertiary/aromatic N) is 2. The van der Waals surface area contributed by atoms with Crippen LogP contribution in [-0.4, -0.2) is 16.3 Å². The summed E-state index contributed by atoms with van der Waals surface area (Å²) in [6.07, 6.45) is 1.81. The van der Waals surface area contributed by atoms with Crippen molar-refractivity contribution < 1.29 is 5.11 Å². The number of hydrogen-bond acceptors (Lipinski definition) is 4. The Balaban J connectivity index is 1.27. The SMILES string of the molecule is CC(C)(C)c1cc(C=Nc2ccccc2-c2nc3c(-c4cccc(-c5ccccc5)c4)cc(-c4cccc(-c5ccccc5)c4)cc3s2)c(O)c(C(C)(C)C)c1. The maximum atomic E-state index is 11.5. The molecular formula is C52H46N2OS. The normalized spacial score (nSPS) is 12.1. The van der Waals surface area contributed by atoms with Gasteiger partial charge in [-0.25, -0.2) is 4.98 Å². The predicted octanol–water partition coefficient (Wildman–Crippen LogP) is 14.7. The van der Waals surface area contributed by atoms with Gasteiger partial charge in [-0.15, -0.1) is 11.3 Å². The van der Waals surface area contributed by atoms with Gasteiger partial charge in [0.15, 0.2) is 0 Å². The standard InChI is InChI=1S/C52H46N2OS/c1-51(2,3)42-29-41(49(55)45(32-42)52(4,5)6)33-53-46-26-14-13-25-43(46)50-54-48-44(39-24-16-22-37(28-39)35-19-11-8-12-20-35)30-40(31-47(48)56-50)38-23-15-21-36(27-38)34-17-9-7-10-18-34/h7-33,55H,1-6H3. The number of phenolic OH excluding ortho intramolecular Hbond substituents is 1. The molecule has 0 bridgehead atoms. The Bertz CT molecular complexity index is 2710. The minimum Gasteiger partial charge on any atom is -0.507 e. The molecule has 1 heterocycles. The van der Waals surface area contributed by atoms with Crippen molar-refractivity contribution in [3.05, 3.63) is 174 Å². The van der Waals surface area contributed by atoms with E-state index < -0.39 is 0 Å². The van der Waals surface area contributed by atoms with Gasteiger partial charge in [-0.1, -0.05) is 157 Å². The summed E-state index contributed by atoms with van der Waals surface area (Å²) < 4.78 is 1.10. The Kier molecular flexibility index (Phi) is 9.78. The van der Waals surface area contributed by atoms with Crippen LogP contribution in [0.3, 0.4) is 0 Å². The number of para-hydroxylation sites is 1. The van der Waals surface area contributed by atoms with Crippen LogP contribution in [0.25, 0.3) is 65.3 Å². The van der Waals surface area contributed by atoms with Crippen LogP contribution in [0.15, 0.2) is 163 Å². The molecule has 0 saturated carbocycles. The molecule has 0 unspecified atom stereocenters. The van der Waals surface area contributed by atoms with Gasteiger partial charge in [0.2, 0.25) is 0 Å². The summed E-state index contributed by atoms with van der Waals surface area (Å²) in [7, 11) is 0. The van der Waals surface area contributed by atoms with E-state index in [2.05, 4.69) is 181 Å². The number of fused-ring (bicyclic) bond motifs is 1. The number of rotatable bonds is 7. The fourth-order valence-electron chi connectivity index (χ4n) is 7.20. The van der Waals surface area contributed by atoms with Crippen molar-refractivity contribution in [3.63, 3.8) is 0 Å². The molecule has 0 amide bonds. The van der Waals surface area contributed by atoms with Gasteiger partial charge in [0.25, 0.3) is 0 Å². The van der Waals surface area contributed by atoms with Crippen molar-refractivity contribution in [2.75, 3.05) is 0 Å². The van der Waals surface area contributed by atoms with Crippen LogP contribution in [0.2, 0.25) is 0 Å². The summed E-state index contributed by atoms with van der Waals surface area (Å²) in [5.74, 6) is 0.276. The lowest BCUT2D eigenvalue weighted by molar-refractivity contribution is 0.444. The van der Waals surface area contributed by atoms with Crippen LogP contribution in [0.4, 0.5) is 5.69 Å². The molecule has 0 spiro atoms. The van der Waals surface area contributed by atoms with Gasteiger partial charge in [0.1, 0.15) is 10.8 Å². The van der Waals surface area contributed by atoms with Gasteiger partial charge >= 0.3 is 0 Å². The Morgan fingerprint density at radius 1 is 0.518 bits per heavy atom. The lowest BCUT2D eigenvalue weighted by Crippen LogP contribution is -2.17. The molecule has 56 heavy (non-hydrogen) atoms. The molecule has 276 valence electrons. The highest BCUT2D eigenvalue weighted by Crippen LogP contribution is 2.43. The highest BCUT2D eigenvalue weighted by molar-refractivity contribution is 7.21. The topological polar surface area (TPSA) is 45.5 Å². The van der Waals surface area contributed by atoms with E-state index in [9.17, 15) is 5.11 Å². The number of aliphatic imine (C=N–C) groups is 1. The van der Waals surface area contributed by atoms with Crippen molar-refractivity contribution in [2.45, 2.75) is 52.4 Å². The molecule has 0 radical (unpaired) electrons. The monoisotopic (exact) mass is 746 g/mol. The highest BCUT2D eigenvalue weighted by atomic mass is 32.1. The van der Waals surface area contributed by atoms with Crippen molar-refractivity contribution in [1.82, 2.24) is 4.98 Å². The van der Waals surface area contributed by atoms with Crippen LogP contribution in [0.1, 0.15) is 58.2 Å². The van der Waals surface area contributed by atoms with Crippen LogP contribution in [0, 0.1) is 0 Å². The Morgan fingerprint density at radius 2 is 1.07 bits per heavy atom. The molecule has 8 aromatic rings. The Hall–Kier alpha value is -6.10. The van der Waals surface area contributed by atoms with Crippen LogP contribution < -0.4 is 0 Å². The van der Waals surface area contributed by atoms with Crippen LogP contribution in [-0.2, 0) is 10.8 Å². The third kappa shape index (κ3) is 7.58. The van der Waals surface area contributed by atoms with E-state index in [0.29, 0.717) is 5.56 Å². The van der Waals surface area contributed by atoms with E-state index in [1.54, 1.807) is 11.3 Å². The molecule has 0 aliphatic rings. The quantitative estimate of drug-likeness (QED) is 0.165. The fourth-order valence-corrected chi connectivity index (χ4v) is 8.27. The van der Waals surface area contributed by atoms with Crippen molar-refractivity contribution in [1.29, 1.82) is 0 Å². The van der Waals surface area contributed by atoms with Crippen LogP contribution >= 0.6 is 11.3 Å². The number of benzene rings is 7. The summed E-state index contributed by atoms with van der Waals surface area (Å²) in [6, 6.07) is 55.6. The zero-order valence-electron chi connectivity index (χ0n) is 32.8. The first-order chi connectivity index (χ1) is 26.9. The van der Waals surface area contributed by atoms with Crippen molar-refractivity contribution in [3.8, 4) is 60.8 Å². The molecular weight excluding hydrogens is 701 g/mol. The second-order valence-electron chi connectivity index (χ2n) is 16.5. The van der Waals surface area contributed by atoms with E-state index in [4.69, 9.17) is 9.98 Å². The Labute approximate surface area is 334 Å². The zero-order valence-corrected chi connectivity index (χ0v) is 33.7. The second kappa shape index (κ2) is 14.9. The van der Waals surface area contributed by atoms with Crippen LogP contribution in [0.5, 0.6) is 5.75 Å². The first kappa shape index (κ1) is 36.9. The Morgan fingerprint density at radius 3 is 1.70 bits per heavy atom. The second-order valence-corrected chi connectivity index (χ2v) is 17.6. The highest BCUT2D eigenvalue weighted by Gasteiger charge is 2.25. The van der Waals surface area contributed by atoms with E-state index in [1.807, 2.05) is 24.4 Å². The molecule has 7 aromatic carbocycles. The van der Waals surface area contributed by atoms with Gasteiger partial charge in [-0.05, 0) is 97.8 Å². The lowest BCUT2D eigenvalue weighted by Gasteiger charge is -2.27. The van der Waals surface area contributed by atoms with Crippen molar-refractivity contribution >= 4 is 33.5 Å². The number of thiazole rings is 1. The lowest BCUT2D eigenvalue weighted by atomic mass is 9.79. The van der Waals surface area contributed by atoms with Gasteiger partial charge in [-0.3, -0.25) is 4.99 Å². The molecule has 0 atom stereocenters. The average molecular weight is 747 g/mol. The van der Waals surface area contributed by atoms with E-state index >= 15 is 0 Å². The van der Waals surface area contributed by atoms with Gasteiger partial charge in [-0.2, -0.15) is 0 Å². The molecule has 1 N–H and O–H groups in total. The van der Waals surface area contributed by atoms with Crippen molar-refractivity contribution in [2.24, 2.45) is 4.99 Å². The summed E-state index contributed by atoms with van der Waals surface area (Å²) in [5.41, 5.74) is 14.4. The van der Waals surface area contributed by atoms with Gasteiger partial charge in [0, 0.05) is 28.5 Å². The van der Waals surface area contributed by atoms with E-state index in [0.717, 1.165) is 65.4 Å². The third-order valence-electron chi connectivity index (χ3n) is 10.4. The first-order valence-corrected chi connectivity index (χ1v) is 20.0. The first-order valence-electron chi connectivity index (χ1n) is 19.2. The third-order valence-corrected chi connectivity index (χ3v) is 11.4. The smallest absolute Gasteiger partial charge is 0.128 e. The molecule has 8 rings (SSSR count). The number of hydrogen-bond donors (Lipinski definition) is 1. The summed E-state index contributed by atoms with van der Waals surface area (Å²) in [5, 5.41) is 12.4. The fraction of sp³-hybridized carbons (Fsp3) is 0.154. The minimum atomic E-state index is -0.229. The molecule has 0 saturated heterocycles. The number of phenols is 1. The summed E-state index contributed by atoms with van der Waals surface area (Å²) in [6.45, 7) is 13.0. The number of aromatic hydroxyl groups is 1. The molecule has 3 nitrogen and oxygen atoms in total. The molecule has 1 aromatic heterocycles. The summed E-state index contributed by atoms with van der Waals surface area (Å²) >= 11 is 1.69. The molecule has 4 heteroatoms. The zero-order chi connectivity index (χ0) is 39.0.